The maximum absolute atomic E-state index is 13.5. The van der Waals surface area contributed by atoms with Crippen LogP contribution < -0.4 is 5.56 Å². The van der Waals surface area contributed by atoms with E-state index < -0.39 is 0 Å². The van der Waals surface area contributed by atoms with Crippen LogP contribution in [0.15, 0.2) is 71.7 Å². The molecule has 7 nitrogen and oxygen atoms in total. The molecule has 1 saturated heterocycles. The fourth-order valence-electron chi connectivity index (χ4n) is 5.67. The first-order valence-corrected chi connectivity index (χ1v) is 13.8. The molecule has 1 aliphatic heterocycles. The van der Waals surface area contributed by atoms with E-state index in [4.69, 9.17) is 17.2 Å². The van der Waals surface area contributed by atoms with Gasteiger partial charge >= 0.3 is 0 Å². The van der Waals surface area contributed by atoms with Gasteiger partial charge in [-0.1, -0.05) is 24.3 Å². The number of halogens is 1. The van der Waals surface area contributed by atoms with Gasteiger partial charge in [0, 0.05) is 32.8 Å². The summed E-state index contributed by atoms with van der Waals surface area (Å²) < 4.78 is 19.8. The second kappa shape index (κ2) is 10.8. The van der Waals surface area contributed by atoms with E-state index >= 15 is 0 Å². The zero-order chi connectivity index (χ0) is 26.9. The maximum atomic E-state index is 13.5. The highest BCUT2D eigenvalue weighted by Gasteiger charge is 2.23. The van der Waals surface area contributed by atoms with Gasteiger partial charge in [-0.3, -0.25) is 9.36 Å². The van der Waals surface area contributed by atoms with Crippen molar-refractivity contribution in [2.75, 3.05) is 19.6 Å². The van der Waals surface area contributed by atoms with Crippen LogP contribution in [0.5, 0.6) is 0 Å². The minimum Gasteiger partial charge on any atom is -0.321 e. The molecule has 2 aromatic carbocycles. The molecule has 0 bridgehead atoms. The van der Waals surface area contributed by atoms with Crippen molar-refractivity contribution in [2.45, 2.75) is 32.4 Å². The van der Waals surface area contributed by atoms with Gasteiger partial charge in [0.05, 0.1) is 17.4 Å². The molecule has 6 rings (SSSR count). The first-order chi connectivity index (χ1) is 19.0. The topological polar surface area (TPSA) is 60.9 Å². The Morgan fingerprint density at radius 3 is 2.54 bits per heavy atom. The molecule has 1 aliphatic rings. The van der Waals surface area contributed by atoms with E-state index in [1.807, 2.05) is 60.1 Å². The molecular weight excluding hydrogens is 511 g/mol. The molecule has 39 heavy (non-hydrogen) atoms. The number of benzene rings is 2. The van der Waals surface area contributed by atoms with Crippen LogP contribution in [0.4, 0.5) is 4.39 Å². The zero-order valence-electron chi connectivity index (χ0n) is 22.0. The second-order valence-corrected chi connectivity index (χ2v) is 10.8. The summed E-state index contributed by atoms with van der Waals surface area (Å²) in [5.74, 6) is 1.31. The molecular formula is C30H31FN6OS. The SMILES string of the molecule is Cn1c(=S)n(CCN2CCC(Cc3nc4cccnc4n3Cc3ccc(F)cc3)CC2)c(=O)c2ccccc21. The van der Waals surface area contributed by atoms with Crippen LogP contribution >= 0.6 is 12.2 Å². The summed E-state index contributed by atoms with van der Waals surface area (Å²) in [7, 11) is 1.92. The van der Waals surface area contributed by atoms with Gasteiger partial charge in [0.1, 0.15) is 17.2 Å². The summed E-state index contributed by atoms with van der Waals surface area (Å²) in [6.45, 7) is 3.94. The van der Waals surface area contributed by atoms with Crippen LogP contribution in [0.2, 0.25) is 0 Å². The van der Waals surface area contributed by atoms with Crippen molar-refractivity contribution in [3.05, 3.63) is 99.2 Å². The number of likely N-dealkylation sites (tertiary alicyclic amines) is 1. The Morgan fingerprint density at radius 2 is 1.74 bits per heavy atom. The first-order valence-electron chi connectivity index (χ1n) is 13.4. The van der Waals surface area contributed by atoms with Gasteiger partial charge in [-0.2, -0.15) is 0 Å². The number of aromatic nitrogens is 5. The number of hydrogen-bond donors (Lipinski definition) is 0. The Balaban J connectivity index is 1.13. The van der Waals surface area contributed by atoms with Crippen molar-refractivity contribution < 1.29 is 4.39 Å². The molecule has 3 aromatic heterocycles. The molecule has 0 N–H and O–H groups in total. The summed E-state index contributed by atoms with van der Waals surface area (Å²) in [5, 5.41) is 0.699. The molecule has 9 heteroatoms. The molecule has 0 radical (unpaired) electrons. The number of aryl methyl sites for hydroxylation is 1. The number of imidazole rings is 1. The molecule has 0 spiro atoms. The predicted octanol–water partition coefficient (Wildman–Crippen LogP) is 4.96. The van der Waals surface area contributed by atoms with E-state index in [0.29, 0.717) is 29.2 Å². The van der Waals surface area contributed by atoms with Crippen LogP contribution in [0.1, 0.15) is 24.2 Å². The molecule has 0 aliphatic carbocycles. The number of pyridine rings is 1. The highest BCUT2D eigenvalue weighted by molar-refractivity contribution is 7.71. The van der Waals surface area contributed by atoms with E-state index in [1.54, 1.807) is 10.8 Å². The first kappa shape index (κ1) is 25.6. The Kier molecular flexibility index (Phi) is 7.10. The fourth-order valence-corrected chi connectivity index (χ4v) is 5.95. The third kappa shape index (κ3) is 5.16. The molecule has 4 heterocycles. The van der Waals surface area contributed by atoms with E-state index in [-0.39, 0.29) is 11.4 Å². The lowest BCUT2D eigenvalue weighted by Gasteiger charge is -2.32. The highest BCUT2D eigenvalue weighted by Crippen LogP contribution is 2.24. The van der Waals surface area contributed by atoms with Gasteiger partial charge in [0.2, 0.25) is 0 Å². The normalized spacial score (nSPS) is 14.9. The maximum Gasteiger partial charge on any atom is 0.262 e. The lowest BCUT2D eigenvalue weighted by atomic mass is 9.93. The summed E-state index contributed by atoms with van der Waals surface area (Å²) >= 11 is 5.63. The van der Waals surface area contributed by atoms with Crippen LogP contribution in [0.25, 0.3) is 22.1 Å². The molecule has 0 atom stereocenters. The Morgan fingerprint density at radius 1 is 0.974 bits per heavy atom. The van der Waals surface area contributed by atoms with Crippen LogP contribution in [-0.2, 0) is 26.6 Å². The van der Waals surface area contributed by atoms with Crippen molar-refractivity contribution in [3.8, 4) is 0 Å². The van der Waals surface area contributed by atoms with Crippen molar-refractivity contribution in [3.63, 3.8) is 0 Å². The average molecular weight is 543 g/mol. The highest BCUT2D eigenvalue weighted by atomic mass is 32.1. The minimum atomic E-state index is -0.234. The van der Waals surface area contributed by atoms with Gasteiger partial charge in [0.25, 0.3) is 5.56 Å². The summed E-state index contributed by atoms with van der Waals surface area (Å²) in [6.07, 6.45) is 4.80. The number of hydrogen-bond acceptors (Lipinski definition) is 5. The van der Waals surface area contributed by atoms with Crippen molar-refractivity contribution >= 4 is 34.3 Å². The molecule has 0 unspecified atom stereocenters. The van der Waals surface area contributed by atoms with E-state index in [0.717, 1.165) is 67.0 Å². The van der Waals surface area contributed by atoms with Crippen LogP contribution in [0, 0.1) is 16.5 Å². The smallest absolute Gasteiger partial charge is 0.262 e. The van der Waals surface area contributed by atoms with E-state index in [1.165, 1.54) is 12.1 Å². The lowest BCUT2D eigenvalue weighted by Crippen LogP contribution is -2.38. The number of piperidine rings is 1. The van der Waals surface area contributed by atoms with Gasteiger partial charge in [-0.15, -0.1) is 0 Å². The molecule has 0 saturated carbocycles. The number of para-hydroxylation sites is 1. The number of fused-ring (bicyclic) bond motifs is 2. The summed E-state index contributed by atoms with van der Waals surface area (Å²) in [4.78, 5) is 25.1. The predicted molar refractivity (Wildman–Crippen MR) is 154 cm³/mol. The molecule has 1 fully saturated rings. The Bertz CT molecular complexity index is 1750. The zero-order valence-corrected chi connectivity index (χ0v) is 22.8. The van der Waals surface area contributed by atoms with Gasteiger partial charge in [0.15, 0.2) is 10.4 Å². The van der Waals surface area contributed by atoms with Crippen LogP contribution in [-0.4, -0.2) is 48.2 Å². The van der Waals surface area contributed by atoms with Crippen molar-refractivity contribution in [1.29, 1.82) is 0 Å². The monoisotopic (exact) mass is 542 g/mol. The third-order valence-corrected chi connectivity index (χ3v) is 8.41. The average Bonchev–Trinajstić information content (AvgIpc) is 3.30. The molecule has 5 aromatic rings. The summed E-state index contributed by atoms with van der Waals surface area (Å²) in [6, 6.07) is 18.2. The Hall–Kier alpha value is -3.69. The number of rotatable bonds is 7. The largest absolute Gasteiger partial charge is 0.321 e. The van der Waals surface area contributed by atoms with Gasteiger partial charge < -0.3 is 14.0 Å². The Labute approximate surface area is 231 Å². The standard InChI is InChI=1S/C30H31FN6OS/c1-34-26-7-3-2-5-24(26)29(38)36(30(34)39)18-17-35-15-12-21(13-16-35)19-27-33-25-6-4-14-32-28(25)37(27)20-22-8-10-23(31)11-9-22/h2-11,14,21H,12-13,15-20H2,1H3. The van der Waals surface area contributed by atoms with E-state index in [9.17, 15) is 9.18 Å². The fraction of sp³-hybridized carbons (Fsp3) is 0.333. The van der Waals surface area contributed by atoms with Gasteiger partial charge in [-0.05, 0) is 86.0 Å². The quantitative estimate of drug-likeness (QED) is 0.272. The van der Waals surface area contributed by atoms with Crippen LogP contribution in [0.3, 0.4) is 0 Å². The van der Waals surface area contributed by atoms with Crippen molar-refractivity contribution in [2.24, 2.45) is 13.0 Å². The third-order valence-electron chi connectivity index (χ3n) is 7.91. The molecule has 0 amide bonds. The number of nitrogens with zero attached hydrogens (tertiary/aromatic N) is 6. The summed E-state index contributed by atoms with van der Waals surface area (Å²) in [5.41, 5.74) is 3.63. The second-order valence-electron chi connectivity index (χ2n) is 10.4. The van der Waals surface area contributed by atoms with Gasteiger partial charge in [-0.25, -0.2) is 14.4 Å². The molecule has 200 valence electrons. The van der Waals surface area contributed by atoms with Crippen molar-refractivity contribution in [1.82, 2.24) is 28.6 Å². The van der Waals surface area contributed by atoms with E-state index in [2.05, 4.69) is 14.5 Å². The lowest BCUT2D eigenvalue weighted by molar-refractivity contribution is 0.176. The minimum absolute atomic E-state index is 0.0164.